The van der Waals surface area contributed by atoms with Crippen LogP contribution in [-0.2, 0) is 11.3 Å². The fraction of sp³-hybridized carbons (Fsp3) is 0.600. The van der Waals surface area contributed by atoms with Gasteiger partial charge in [-0.05, 0) is 26.7 Å². The Morgan fingerprint density at radius 2 is 2.47 bits per heavy atom. The Labute approximate surface area is 101 Å². The van der Waals surface area contributed by atoms with E-state index in [4.69, 9.17) is 9.76 Å². The zero-order valence-electron chi connectivity index (χ0n) is 10.2. The second-order valence-corrected chi connectivity index (χ2v) is 3.65. The van der Waals surface area contributed by atoms with E-state index in [1.54, 1.807) is 30.7 Å². The van der Waals surface area contributed by atoms with Crippen LogP contribution < -0.4 is 5.23 Å². The van der Waals surface area contributed by atoms with Gasteiger partial charge in [-0.3, -0.25) is 0 Å². The Kier molecular flexibility index (Phi) is 5.72. The minimum absolute atomic E-state index is 0.323. The number of imidazole rings is 1. The Morgan fingerprint density at radius 3 is 3.12 bits per heavy atom. The molecule has 0 aromatic carbocycles. The molecular weight excluding hydrogens is 221 g/mol. The van der Waals surface area contributed by atoms with Crippen molar-refractivity contribution >= 4 is 13.0 Å². The van der Waals surface area contributed by atoms with Gasteiger partial charge in [0, 0.05) is 18.9 Å². The maximum Gasteiger partial charge on any atom is 0.374 e. The van der Waals surface area contributed by atoms with E-state index in [1.807, 2.05) is 0 Å². The van der Waals surface area contributed by atoms with E-state index in [-0.39, 0.29) is 0 Å². The molecule has 0 saturated heterocycles. The van der Waals surface area contributed by atoms with Gasteiger partial charge in [0.05, 0.1) is 6.61 Å². The van der Waals surface area contributed by atoms with E-state index in [1.165, 1.54) is 0 Å². The third kappa shape index (κ3) is 4.58. The van der Waals surface area contributed by atoms with Crippen LogP contribution in [0.1, 0.15) is 24.0 Å². The van der Waals surface area contributed by atoms with Crippen LogP contribution in [0.15, 0.2) is 12.4 Å². The fourth-order valence-electron chi connectivity index (χ4n) is 1.44. The number of aromatic nitrogens is 2. The van der Waals surface area contributed by atoms with Crippen molar-refractivity contribution in [3.8, 4) is 0 Å². The molecule has 0 aliphatic rings. The van der Waals surface area contributed by atoms with E-state index in [9.17, 15) is 4.79 Å². The highest BCUT2D eigenvalue weighted by molar-refractivity contribution is 6.45. The number of aryl methyl sites for hydroxylation is 1. The molecule has 0 aliphatic heterocycles. The number of rotatable bonds is 7. The molecule has 1 rings (SSSR count). The number of carbonyl (C=O) groups is 1. The van der Waals surface area contributed by atoms with Crippen molar-refractivity contribution in [3.05, 3.63) is 18.2 Å². The van der Waals surface area contributed by atoms with E-state index in [2.05, 4.69) is 10.2 Å². The van der Waals surface area contributed by atoms with Crippen LogP contribution in [0.4, 0.5) is 0 Å². The molecule has 0 amide bonds. The fourth-order valence-corrected chi connectivity index (χ4v) is 1.44. The number of nitrogens with zero attached hydrogens (tertiary/aromatic N) is 2. The lowest BCUT2D eigenvalue weighted by Crippen LogP contribution is -2.31. The minimum Gasteiger partial charge on any atom is -0.460 e. The zero-order valence-corrected chi connectivity index (χ0v) is 10.2. The first kappa shape index (κ1) is 13.7. The van der Waals surface area contributed by atoms with Gasteiger partial charge in [0.15, 0.2) is 0 Å². The van der Waals surface area contributed by atoms with Crippen molar-refractivity contribution < 1.29 is 14.6 Å². The first-order valence-electron chi connectivity index (χ1n) is 5.74. The Balaban J connectivity index is 2.43. The number of hydrogen-bond donors (Lipinski definition) is 2. The quantitative estimate of drug-likeness (QED) is 0.402. The summed E-state index contributed by atoms with van der Waals surface area (Å²) < 4.78 is 6.65. The summed E-state index contributed by atoms with van der Waals surface area (Å²) in [5.41, 5.74) is 0. The molecule has 2 N–H and O–H groups in total. The van der Waals surface area contributed by atoms with Gasteiger partial charge in [0.2, 0.25) is 5.82 Å². The maximum atomic E-state index is 11.5. The van der Waals surface area contributed by atoms with E-state index < -0.39 is 13.0 Å². The van der Waals surface area contributed by atoms with Crippen LogP contribution >= 0.6 is 0 Å². The molecule has 0 unspecified atom stereocenters. The average molecular weight is 239 g/mol. The van der Waals surface area contributed by atoms with Crippen molar-refractivity contribution in [1.29, 1.82) is 0 Å². The van der Waals surface area contributed by atoms with E-state index >= 15 is 0 Å². The maximum absolute atomic E-state index is 11.5. The lowest BCUT2D eigenvalue weighted by Gasteiger charge is -2.08. The van der Waals surface area contributed by atoms with E-state index in [0.29, 0.717) is 25.5 Å². The highest BCUT2D eigenvalue weighted by Gasteiger charge is 2.13. The normalized spacial score (nSPS) is 10.3. The molecule has 1 aromatic heterocycles. The van der Waals surface area contributed by atoms with Gasteiger partial charge in [-0.1, -0.05) is 0 Å². The van der Waals surface area contributed by atoms with Crippen molar-refractivity contribution in [2.45, 2.75) is 26.7 Å². The number of esters is 1. The molecule has 6 nitrogen and oxygen atoms in total. The van der Waals surface area contributed by atoms with Crippen LogP contribution in [0.3, 0.4) is 0 Å². The molecule has 0 saturated carbocycles. The molecule has 0 atom stereocenters. The monoisotopic (exact) mass is 239 g/mol. The lowest BCUT2D eigenvalue weighted by molar-refractivity contribution is 0.0506. The van der Waals surface area contributed by atoms with Gasteiger partial charge >= 0.3 is 13.0 Å². The predicted octanol–water partition coefficient (Wildman–Crippen LogP) is 0.150. The van der Waals surface area contributed by atoms with Gasteiger partial charge in [0.25, 0.3) is 0 Å². The Hall–Kier alpha value is -1.34. The predicted molar refractivity (Wildman–Crippen MR) is 64.6 cm³/mol. The van der Waals surface area contributed by atoms with Crippen LogP contribution in [0.25, 0.3) is 0 Å². The van der Waals surface area contributed by atoms with Crippen molar-refractivity contribution in [2.24, 2.45) is 0 Å². The summed E-state index contributed by atoms with van der Waals surface area (Å²) in [7, 11) is -0.512. The molecule has 94 valence electrons. The summed E-state index contributed by atoms with van der Waals surface area (Å²) in [4.78, 5) is 15.5. The molecule has 17 heavy (non-hydrogen) atoms. The molecule has 7 heteroatoms. The molecule has 1 aromatic rings. The molecule has 0 fully saturated rings. The molecule has 1 heterocycles. The second kappa shape index (κ2) is 7.08. The highest BCUT2D eigenvalue weighted by Crippen LogP contribution is 2.01. The summed E-state index contributed by atoms with van der Waals surface area (Å²) in [6.45, 7) is 5.11. The van der Waals surface area contributed by atoms with Gasteiger partial charge in [0.1, 0.15) is 0 Å². The van der Waals surface area contributed by atoms with Crippen LogP contribution in [0.5, 0.6) is 0 Å². The first-order valence-corrected chi connectivity index (χ1v) is 5.74. The van der Waals surface area contributed by atoms with Gasteiger partial charge < -0.3 is 19.6 Å². The highest BCUT2D eigenvalue weighted by atomic mass is 16.5. The topological polar surface area (TPSA) is 76.4 Å². The number of hydrogen-bond acceptors (Lipinski definition) is 5. The zero-order chi connectivity index (χ0) is 12.7. The number of ether oxygens (including phenoxy) is 1. The molecular formula is C10H18BN3O3. The average Bonchev–Trinajstić information content (AvgIpc) is 2.72. The Bertz CT molecular complexity index is 354. The molecule has 0 radical (unpaired) electrons. The molecule has 0 aliphatic carbocycles. The summed E-state index contributed by atoms with van der Waals surface area (Å²) in [6.07, 6.45) is 4.12. The summed E-state index contributed by atoms with van der Waals surface area (Å²) >= 11 is 0. The van der Waals surface area contributed by atoms with Gasteiger partial charge in [-0.15, -0.1) is 0 Å². The smallest absolute Gasteiger partial charge is 0.374 e. The number of nitrogens with one attached hydrogen (secondary N) is 1. The largest absolute Gasteiger partial charge is 0.460 e. The molecule has 0 bridgehead atoms. The summed E-state index contributed by atoms with van der Waals surface area (Å²) in [6, 6.07) is 0. The first-order chi connectivity index (χ1) is 8.15. The van der Waals surface area contributed by atoms with Crippen LogP contribution in [0.2, 0.25) is 6.82 Å². The van der Waals surface area contributed by atoms with Gasteiger partial charge in [-0.2, -0.15) is 0 Å². The second-order valence-electron chi connectivity index (χ2n) is 3.65. The number of carbonyl (C=O) groups excluding carboxylic acids is 1. The van der Waals surface area contributed by atoms with Crippen molar-refractivity contribution in [1.82, 2.24) is 14.8 Å². The Morgan fingerprint density at radius 1 is 1.71 bits per heavy atom. The lowest BCUT2D eigenvalue weighted by atomic mass is 9.89. The third-order valence-electron chi connectivity index (χ3n) is 2.19. The van der Waals surface area contributed by atoms with Crippen molar-refractivity contribution in [3.63, 3.8) is 0 Å². The minimum atomic E-state index is -0.512. The van der Waals surface area contributed by atoms with Crippen LogP contribution in [0, 0.1) is 0 Å². The molecule has 0 spiro atoms. The van der Waals surface area contributed by atoms with Crippen LogP contribution in [-0.4, -0.2) is 40.7 Å². The summed E-state index contributed by atoms with van der Waals surface area (Å²) in [5.74, 6) is -0.0788. The van der Waals surface area contributed by atoms with Crippen molar-refractivity contribution in [2.75, 3.05) is 13.2 Å². The van der Waals surface area contributed by atoms with E-state index in [0.717, 1.165) is 6.42 Å². The standard InChI is InChI=1S/C10H18BN3O3/c1-3-17-10(15)9-12-6-8-14(9)7-4-5-13-11(2)16/h6,8,13,16H,3-5,7H2,1-2H3. The SMILES string of the molecule is CCOC(=O)c1nccn1CCCNB(C)O. The van der Waals surface area contributed by atoms with Gasteiger partial charge in [-0.25, -0.2) is 9.78 Å². The third-order valence-corrected chi connectivity index (χ3v) is 2.19. The summed E-state index contributed by atoms with van der Waals surface area (Å²) in [5, 5.41) is 11.9.